The molecule has 2 N–H and O–H groups in total. The highest BCUT2D eigenvalue weighted by atomic mass is 16.6. The lowest BCUT2D eigenvalue weighted by molar-refractivity contribution is -0.384. The van der Waals surface area contributed by atoms with Crippen molar-refractivity contribution in [3.63, 3.8) is 0 Å². The normalized spacial score (nSPS) is 16.0. The molecule has 0 spiro atoms. The summed E-state index contributed by atoms with van der Waals surface area (Å²) in [6.45, 7) is 4.58. The topological polar surface area (TPSA) is 124 Å². The molecular weight excluding hydrogens is 362 g/mol. The summed E-state index contributed by atoms with van der Waals surface area (Å²) < 4.78 is 1.28. The van der Waals surface area contributed by atoms with Gasteiger partial charge in [-0.05, 0) is 38.7 Å². The lowest BCUT2D eigenvalue weighted by Gasteiger charge is -2.33. The van der Waals surface area contributed by atoms with Gasteiger partial charge in [0, 0.05) is 37.0 Å². The largest absolute Gasteiger partial charge is 0.337 e. The molecule has 1 aromatic carbocycles. The van der Waals surface area contributed by atoms with Gasteiger partial charge >= 0.3 is 0 Å². The second-order valence-electron chi connectivity index (χ2n) is 7.14. The molecule has 1 amide bonds. The minimum Gasteiger partial charge on any atom is -0.337 e. The minimum atomic E-state index is -0.519. The number of hydrogen-bond acceptors (Lipinski definition) is 6. The zero-order valence-electron chi connectivity index (χ0n) is 15.9. The maximum atomic E-state index is 12.9. The second-order valence-corrected chi connectivity index (χ2v) is 7.14. The maximum absolute atomic E-state index is 12.9. The first kappa shape index (κ1) is 19.7. The van der Waals surface area contributed by atoms with Crippen molar-refractivity contribution < 1.29 is 9.72 Å². The zero-order valence-corrected chi connectivity index (χ0v) is 15.9. The van der Waals surface area contributed by atoms with Crippen LogP contribution in [-0.2, 0) is 0 Å². The van der Waals surface area contributed by atoms with Crippen molar-refractivity contribution in [2.45, 2.75) is 32.7 Å². The van der Waals surface area contributed by atoms with Crippen molar-refractivity contribution in [2.75, 3.05) is 13.1 Å². The van der Waals surface area contributed by atoms with Gasteiger partial charge in [0.05, 0.1) is 4.92 Å². The van der Waals surface area contributed by atoms with E-state index in [1.54, 1.807) is 24.0 Å². The second kappa shape index (κ2) is 7.89. The first-order valence-corrected chi connectivity index (χ1v) is 9.19. The summed E-state index contributed by atoms with van der Waals surface area (Å²) in [5, 5.41) is 15.5. The van der Waals surface area contributed by atoms with E-state index in [4.69, 9.17) is 5.73 Å². The maximum Gasteiger partial charge on any atom is 0.294 e. The number of para-hydroxylation sites is 2. The van der Waals surface area contributed by atoms with Crippen LogP contribution in [-0.4, -0.2) is 44.6 Å². The molecule has 1 fully saturated rings. The number of nitrogens with zero attached hydrogens (tertiary/aromatic N) is 4. The summed E-state index contributed by atoms with van der Waals surface area (Å²) in [5.74, 6) is -0.112. The van der Waals surface area contributed by atoms with Crippen molar-refractivity contribution in [1.82, 2.24) is 14.7 Å². The van der Waals surface area contributed by atoms with E-state index < -0.39 is 16.3 Å². The van der Waals surface area contributed by atoms with Crippen LogP contribution in [0.2, 0.25) is 0 Å². The number of nitrogens with two attached hydrogens (primary N) is 1. The summed E-state index contributed by atoms with van der Waals surface area (Å²) in [6, 6.07) is 7.42. The number of likely N-dealkylation sites (tertiary alicyclic amines) is 1. The molecule has 0 bridgehead atoms. The number of hydrogen-bond donors (Lipinski definition) is 1. The number of aryl methyl sites for hydroxylation is 1. The molecular formula is C19H23N5O4. The van der Waals surface area contributed by atoms with Crippen molar-refractivity contribution in [2.24, 2.45) is 11.7 Å². The molecule has 0 aliphatic carbocycles. The number of rotatable bonds is 4. The van der Waals surface area contributed by atoms with Crippen LogP contribution in [0.1, 0.15) is 35.9 Å². The molecule has 2 heterocycles. The van der Waals surface area contributed by atoms with Crippen LogP contribution in [0.15, 0.2) is 35.1 Å². The zero-order chi connectivity index (χ0) is 20.4. The van der Waals surface area contributed by atoms with Gasteiger partial charge in [-0.15, -0.1) is 0 Å². The third-order valence-electron chi connectivity index (χ3n) is 5.19. The van der Waals surface area contributed by atoms with E-state index in [9.17, 15) is 19.7 Å². The first-order valence-electron chi connectivity index (χ1n) is 9.19. The first-order chi connectivity index (χ1) is 13.3. The molecule has 1 aromatic heterocycles. The minimum absolute atomic E-state index is 0.0607. The Morgan fingerprint density at radius 3 is 2.57 bits per heavy atom. The van der Waals surface area contributed by atoms with Crippen molar-refractivity contribution in [1.29, 1.82) is 0 Å². The average molecular weight is 385 g/mol. The molecule has 1 saturated heterocycles. The predicted octanol–water partition coefficient (Wildman–Crippen LogP) is 1.65. The Morgan fingerprint density at radius 1 is 1.32 bits per heavy atom. The molecule has 0 radical (unpaired) electrons. The molecule has 1 atom stereocenters. The number of amides is 1. The van der Waals surface area contributed by atoms with Gasteiger partial charge in [0.2, 0.25) is 5.43 Å². The smallest absolute Gasteiger partial charge is 0.294 e. The Bertz CT molecular complexity index is 961. The van der Waals surface area contributed by atoms with Gasteiger partial charge < -0.3 is 10.6 Å². The van der Waals surface area contributed by atoms with Crippen LogP contribution in [0.4, 0.5) is 5.69 Å². The van der Waals surface area contributed by atoms with E-state index in [0.29, 0.717) is 24.7 Å². The highest BCUT2D eigenvalue weighted by molar-refractivity contribution is 5.92. The van der Waals surface area contributed by atoms with Gasteiger partial charge in [-0.25, -0.2) is 4.68 Å². The number of nitro groups is 1. The van der Waals surface area contributed by atoms with E-state index in [1.165, 1.54) is 22.9 Å². The highest BCUT2D eigenvalue weighted by Gasteiger charge is 2.28. The third kappa shape index (κ3) is 3.79. The van der Waals surface area contributed by atoms with Gasteiger partial charge in [0.25, 0.3) is 11.6 Å². The van der Waals surface area contributed by atoms with Gasteiger partial charge in [-0.2, -0.15) is 5.10 Å². The Kier molecular flexibility index (Phi) is 5.55. The Morgan fingerprint density at radius 2 is 1.96 bits per heavy atom. The fraction of sp³-hybridized carbons (Fsp3) is 0.421. The highest BCUT2D eigenvalue weighted by Crippen LogP contribution is 2.23. The van der Waals surface area contributed by atoms with Crippen molar-refractivity contribution in [3.05, 3.63) is 62.1 Å². The molecule has 1 aliphatic heterocycles. The summed E-state index contributed by atoms with van der Waals surface area (Å²) >= 11 is 0. The van der Waals surface area contributed by atoms with E-state index in [2.05, 4.69) is 5.10 Å². The van der Waals surface area contributed by atoms with Crippen LogP contribution < -0.4 is 11.2 Å². The van der Waals surface area contributed by atoms with E-state index in [-0.39, 0.29) is 23.1 Å². The number of carbonyl (C=O) groups excluding carboxylic acids is 1. The molecule has 9 nitrogen and oxygen atoms in total. The van der Waals surface area contributed by atoms with Gasteiger partial charge in [-0.3, -0.25) is 19.7 Å². The standard InChI is InChI=1S/C19H23N5O4/c1-12-11-17(25)18(19(26)22-9-7-14(8-10-22)13(2)20)21-23(12)15-5-3-4-6-16(15)24(27)28/h3-6,11,13-14H,7-10,20H2,1-2H3. The van der Waals surface area contributed by atoms with E-state index >= 15 is 0 Å². The molecule has 0 saturated carbocycles. The van der Waals surface area contributed by atoms with Crippen LogP contribution in [0.3, 0.4) is 0 Å². The number of nitro benzene ring substituents is 1. The fourth-order valence-corrected chi connectivity index (χ4v) is 3.52. The number of carbonyl (C=O) groups is 1. The monoisotopic (exact) mass is 385 g/mol. The Balaban J connectivity index is 1.96. The van der Waals surface area contributed by atoms with Crippen molar-refractivity contribution in [3.8, 4) is 5.69 Å². The average Bonchev–Trinajstić information content (AvgIpc) is 2.67. The molecule has 28 heavy (non-hydrogen) atoms. The van der Waals surface area contributed by atoms with Gasteiger partial charge in [0.15, 0.2) is 5.69 Å². The molecule has 1 unspecified atom stereocenters. The lowest BCUT2D eigenvalue weighted by atomic mass is 9.91. The SMILES string of the molecule is Cc1cc(=O)c(C(=O)N2CCC(C(C)N)CC2)nn1-c1ccccc1[N+](=O)[O-]. The molecule has 2 aromatic rings. The number of benzene rings is 1. The van der Waals surface area contributed by atoms with E-state index in [0.717, 1.165) is 12.8 Å². The van der Waals surface area contributed by atoms with Gasteiger partial charge in [0.1, 0.15) is 5.69 Å². The Labute approximate surface area is 161 Å². The van der Waals surface area contributed by atoms with Crippen LogP contribution in [0.5, 0.6) is 0 Å². The van der Waals surface area contributed by atoms with E-state index in [1.807, 2.05) is 6.92 Å². The summed E-state index contributed by atoms with van der Waals surface area (Å²) in [4.78, 5) is 37.7. The predicted molar refractivity (Wildman–Crippen MR) is 104 cm³/mol. The van der Waals surface area contributed by atoms with Crippen molar-refractivity contribution >= 4 is 11.6 Å². The summed E-state index contributed by atoms with van der Waals surface area (Å²) in [5.41, 5.74) is 5.67. The summed E-state index contributed by atoms with van der Waals surface area (Å²) in [7, 11) is 0. The molecule has 9 heteroatoms. The van der Waals surface area contributed by atoms with Crippen LogP contribution in [0.25, 0.3) is 5.69 Å². The lowest BCUT2D eigenvalue weighted by Crippen LogP contribution is -2.44. The van der Waals surface area contributed by atoms with Gasteiger partial charge in [-0.1, -0.05) is 12.1 Å². The number of aromatic nitrogens is 2. The third-order valence-corrected chi connectivity index (χ3v) is 5.19. The Hall–Kier alpha value is -3.07. The van der Waals surface area contributed by atoms with Crippen LogP contribution >= 0.6 is 0 Å². The fourth-order valence-electron chi connectivity index (χ4n) is 3.52. The van der Waals surface area contributed by atoms with Crippen LogP contribution in [0, 0.1) is 23.0 Å². The molecule has 1 aliphatic rings. The molecule has 148 valence electrons. The quantitative estimate of drug-likeness (QED) is 0.630. The summed E-state index contributed by atoms with van der Waals surface area (Å²) in [6.07, 6.45) is 1.54. The number of piperidine rings is 1. The molecule has 3 rings (SSSR count).